The molecule has 0 bridgehead atoms. The van der Waals surface area contributed by atoms with Crippen LogP contribution in [0.4, 0.5) is 0 Å². The van der Waals surface area contributed by atoms with Gasteiger partial charge in [0.2, 0.25) is 0 Å². The molecule has 0 aromatic heterocycles. The number of hydrogen-bond acceptors (Lipinski definition) is 0. The number of rotatable bonds is 1. The number of hydrogen-bond donors (Lipinski definition) is 0. The zero-order valence-electron chi connectivity index (χ0n) is 6.51. The van der Waals surface area contributed by atoms with Crippen molar-refractivity contribution in [2.45, 2.75) is 12.8 Å². The molecule has 0 amide bonds. The van der Waals surface area contributed by atoms with Gasteiger partial charge >= 0.3 is 0 Å². The Bertz CT molecular complexity index is 295. The Morgan fingerprint density at radius 3 is 3.09 bits per heavy atom. The molecule has 1 aliphatic rings. The van der Waals surface area contributed by atoms with Crippen LogP contribution in [0.2, 0.25) is 0 Å². The third kappa shape index (κ3) is 0.988. The van der Waals surface area contributed by atoms with Gasteiger partial charge in [0.25, 0.3) is 0 Å². The highest BCUT2D eigenvalue weighted by Gasteiger charge is 2.06. The first kappa shape index (κ1) is 6.66. The molecule has 0 heterocycles. The Morgan fingerprint density at radius 2 is 2.27 bits per heavy atom. The fraction of sp³-hybridized carbons (Fsp3) is 0.182. The molecule has 0 nitrogen and oxygen atoms in total. The first-order valence-electron chi connectivity index (χ1n) is 3.98. The van der Waals surface area contributed by atoms with E-state index in [2.05, 4.69) is 37.3 Å². The molecule has 0 aliphatic heterocycles. The Balaban J connectivity index is 2.57. The molecule has 0 saturated carbocycles. The number of benzene rings is 1. The lowest BCUT2D eigenvalue weighted by Crippen LogP contribution is -1.88. The molecule has 0 heteroatoms. The van der Waals surface area contributed by atoms with Crippen molar-refractivity contribution < 1.29 is 0 Å². The van der Waals surface area contributed by atoms with Crippen molar-refractivity contribution in [2.75, 3.05) is 0 Å². The molecule has 0 saturated heterocycles. The van der Waals surface area contributed by atoms with Crippen molar-refractivity contribution in [3.63, 3.8) is 0 Å². The van der Waals surface area contributed by atoms with Gasteiger partial charge in [-0.15, -0.1) is 0 Å². The third-order valence-corrected chi connectivity index (χ3v) is 2.18. The van der Waals surface area contributed by atoms with Crippen molar-refractivity contribution >= 4 is 6.08 Å². The summed E-state index contributed by atoms with van der Waals surface area (Å²) in [6.45, 7) is 3.90. The van der Waals surface area contributed by atoms with Crippen LogP contribution < -0.4 is 0 Å². The van der Waals surface area contributed by atoms with E-state index < -0.39 is 0 Å². The highest BCUT2D eigenvalue weighted by molar-refractivity contribution is 5.63. The normalized spacial score (nSPS) is 13.5. The minimum atomic E-state index is 0.896. The Morgan fingerprint density at radius 1 is 1.36 bits per heavy atom. The first-order chi connectivity index (χ1) is 5.42. The molecule has 1 aromatic carbocycles. The molecule has 0 fully saturated rings. The zero-order chi connectivity index (χ0) is 7.68. The van der Waals surface area contributed by atoms with Gasteiger partial charge in [0, 0.05) is 0 Å². The van der Waals surface area contributed by atoms with Gasteiger partial charge in [0.15, 0.2) is 0 Å². The molecule has 2 rings (SSSR count). The summed E-state index contributed by atoms with van der Waals surface area (Å²) in [6.07, 6.45) is 6.41. The van der Waals surface area contributed by atoms with Crippen LogP contribution in [0.3, 0.4) is 0 Å². The van der Waals surface area contributed by atoms with E-state index in [9.17, 15) is 0 Å². The molecular weight excluding hydrogens is 132 g/mol. The summed E-state index contributed by atoms with van der Waals surface area (Å²) < 4.78 is 0. The van der Waals surface area contributed by atoms with Crippen molar-refractivity contribution in [1.29, 1.82) is 0 Å². The molecule has 11 heavy (non-hydrogen) atoms. The highest BCUT2D eigenvalue weighted by atomic mass is 14.1. The van der Waals surface area contributed by atoms with E-state index in [0.29, 0.717) is 0 Å². The second-order valence-electron chi connectivity index (χ2n) is 2.85. The molecule has 55 valence electrons. The summed E-state index contributed by atoms with van der Waals surface area (Å²) in [7, 11) is 0. The van der Waals surface area contributed by atoms with E-state index >= 15 is 0 Å². The maximum atomic E-state index is 3.90. The van der Waals surface area contributed by atoms with Crippen LogP contribution >= 0.6 is 0 Å². The first-order valence-corrected chi connectivity index (χ1v) is 3.98. The van der Waals surface area contributed by atoms with Gasteiger partial charge in [0.1, 0.15) is 0 Å². The van der Waals surface area contributed by atoms with Crippen molar-refractivity contribution in [3.8, 4) is 0 Å². The minimum absolute atomic E-state index is 0.896. The van der Waals surface area contributed by atoms with Crippen LogP contribution in [0, 0.1) is 6.92 Å². The fourth-order valence-corrected chi connectivity index (χ4v) is 1.58. The number of allylic oxidation sites excluding steroid dienone is 1. The average Bonchev–Trinajstić information content (AvgIpc) is 2.50. The molecule has 1 aromatic rings. The Kier molecular flexibility index (Phi) is 1.54. The monoisotopic (exact) mass is 143 g/mol. The third-order valence-electron chi connectivity index (χ3n) is 2.18. The molecule has 0 N–H and O–H groups in total. The van der Waals surface area contributed by atoms with E-state index in [1.54, 1.807) is 0 Å². The highest BCUT2D eigenvalue weighted by Crippen LogP contribution is 2.23. The predicted octanol–water partition coefficient (Wildman–Crippen LogP) is 2.63. The van der Waals surface area contributed by atoms with Crippen LogP contribution in [0.5, 0.6) is 0 Å². The lowest BCUT2D eigenvalue weighted by atomic mass is 10.0. The van der Waals surface area contributed by atoms with Gasteiger partial charge in [-0.3, -0.25) is 0 Å². The molecule has 0 spiro atoms. The summed E-state index contributed by atoms with van der Waals surface area (Å²) in [5.41, 5.74) is 4.23. The lowest BCUT2D eigenvalue weighted by molar-refractivity contribution is 1.22. The second-order valence-corrected chi connectivity index (χ2v) is 2.85. The van der Waals surface area contributed by atoms with E-state index in [1.807, 2.05) is 0 Å². The SMILES string of the molecule is [CH2]Cc1cccc2c1C=CC2. The van der Waals surface area contributed by atoms with Crippen molar-refractivity contribution in [2.24, 2.45) is 0 Å². The summed E-state index contributed by atoms with van der Waals surface area (Å²) in [6, 6.07) is 6.46. The van der Waals surface area contributed by atoms with Crippen LogP contribution in [-0.4, -0.2) is 0 Å². The van der Waals surface area contributed by atoms with Gasteiger partial charge in [-0.05, 0) is 36.5 Å². The van der Waals surface area contributed by atoms with Crippen molar-refractivity contribution in [1.82, 2.24) is 0 Å². The van der Waals surface area contributed by atoms with Gasteiger partial charge in [-0.25, -0.2) is 0 Å². The maximum absolute atomic E-state index is 3.90. The molecular formula is C11H11. The van der Waals surface area contributed by atoms with E-state index in [-0.39, 0.29) is 0 Å². The minimum Gasteiger partial charge on any atom is -0.0795 e. The van der Waals surface area contributed by atoms with Crippen LogP contribution in [0.25, 0.3) is 6.08 Å². The topological polar surface area (TPSA) is 0 Å². The molecule has 0 atom stereocenters. The summed E-state index contributed by atoms with van der Waals surface area (Å²) >= 11 is 0. The van der Waals surface area contributed by atoms with Gasteiger partial charge < -0.3 is 0 Å². The maximum Gasteiger partial charge on any atom is -0.00881 e. The second kappa shape index (κ2) is 2.54. The van der Waals surface area contributed by atoms with E-state index in [0.717, 1.165) is 12.8 Å². The lowest BCUT2D eigenvalue weighted by Gasteiger charge is -2.03. The standard InChI is InChI=1S/C11H11/c1-2-9-5-3-6-10-7-4-8-11(9)10/h3-6,8H,1-2,7H2. The van der Waals surface area contributed by atoms with Gasteiger partial charge in [0.05, 0.1) is 0 Å². The predicted molar refractivity (Wildman–Crippen MR) is 48.2 cm³/mol. The van der Waals surface area contributed by atoms with Crippen LogP contribution in [-0.2, 0) is 12.8 Å². The fourth-order valence-electron chi connectivity index (χ4n) is 1.58. The summed E-state index contributed by atoms with van der Waals surface area (Å²) in [4.78, 5) is 0. The van der Waals surface area contributed by atoms with Crippen LogP contribution in [0.1, 0.15) is 16.7 Å². The van der Waals surface area contributed by atoms with Gasteiger partial charge in [-0.2, -0.15) is 0 Å². The number of fused-ring (bicyclic) bond motifs is 1. The molecule has 0 unspecified atom stereocenters. The van der Waals surface area contributed by atoms with E-state index in [1.165, 1.54) is 16.7 Å². The van der Waals surface area contributed by atoms with Crippen molar-refractivity contribution in [3.05, 3.63) is 47.9 Å². The largest absolute Gasteiger partial charge is 0.0795 e. The zero-order valence-corrected chi connectivity index (χ0v) is 6.51. The van der Waals surface area contributed by atoms with Gasteiger partial charge in [-0.1, -0.05) is 30.4 Å². The summed E-state index contributed by atoms with van der Waals surface area (Å²) in [5, 5.41) is 0. The van der Waals surface area contributed by atoms with Crippen LogP contribution in [0.15, 0.2) is 24.3 Å². The Hall–Kier alpha value is -1.04. The van der Waals surface area contributed by atoms with E-state index in [4.69, 9.17) is 0 Å². The molecule has 1 aliphatic carbocycles. The Labute approximate surface area is 67.6 Å². The average molecular weight is 143 g/mol. The quantitative estimate of drug-likeness (QED) is 0.567. The molecule has 1 radical (unpaired) electrons. The summed E-state index contributed by atoms with van der Waals surface area (Å²) in [5.74, 6) is 0. The smallest absolute Gasteiger partial charge is 0.00881 e.